The lowest BCUT2D eigenvalue weighted by molar-refractivity contribution is -0.131. The number of hydrogen-bond donors (Lipinski definition) is 1. The largest absolute Gasteiger partial charge is 0.453 e. The molecule has 3 aromatic rings. The van der Waals surface area contributed by atoms with E-state index >= 15 is 0 Å². The Labute approximate surface area is 158 Å². The zero-order valence-corrected chi connectivity index (χ0v) is 14.7. The SMILES string of the molecule is CC(=O)Oc1ccc2c(c1)Oc1cc(=C(C#N)C(N)=O)c3ccccc3c1=N2. The quantitative estimate of drug-likeness (QED) is 0.427. The van der Waals surface area contributed by atoms with Crippen LogP contribution in [0.4, 0.5) is 5.69 Å². The molecule has 0 spiro atoms. The highest BCUT2D eigenvalue weighted by atomic mass is 16.5. The van der Waals surface area contributed by atoms with Gasteiger partial charge in [0.2, 0.25) is 0 Å². The third-order valence-corrected chi connectivity index (χ3v) is 4.25. The summed E-state index contributed by atoms with van der Waals surface area (Å²) >= 11 is 0. The lowest BCUT2D eigenvalue weighted by Crippen LogP contribution is -2.23. The molecule has 28 heavy (non-hydrogen) atoms. The summed E-state index contributed by atoms with van der Waals surface area (Å²) in [4.78, 5) is 27.6. The van der Waals surface area contributed by atoms with Crippen molar-refractivity contribution < 1.29 is 19.1 Å². The Morgan fingerprint density at radius 1 is 1.11 bits per heavy atom. The van der Waals surface area contributed by atoms with E-state index in [2.05, 4.69) is 4.99 Å². The zero-order chi connectivity index (χ0) is 19.8. The highest BCUT2D eigenvalue weighted by Crippen LogP contribution is 2.37. The Kier molecular flexibility index (Phi) is 4.02. The molecular weight excluding hydrogens is 358 g/mol. The van der Waals surface area contributed by atoms with Gasteiger partial charge in [-0.3, -0.25) is 9.59 Å². The van der Waals surface area contributed by atoms with Crippen molar-refractivity contribution in [3.05, 3.63) is 59.1 Å². The average Bonchev–Trinajstić information content (AvgIpc) is 2.66. The van der Waals surface area contributed by atoms with Gasteiger partial charge in [0, 0.05) is 23.6 Å². The summed E-state index contributed by atoms with van der Waals surface area (Å²) in [6, 6.07) is 15.6. The monoisotopic (exact) mass is 371 g/mol. The van der Waals surface area contributed by atoms with E-state index in [1.165, 1.54) is 6.92 Å². The molecule has 0 saturated carbocycles. The third kappa shape index (κ3) is 2.83. The van der Waals surface area contributed by atoms with Gasteiger partial charge in [0.1, 0.15) is 28.4 Å². The number of ether oxygens (including phenoxy) is 2. The molecule has 0 aliphatic carbocycles. The standard InChI is InChI=1S/C21H13N3O4/c1-11(25)27-12-6-7-17-18(8-12)28-19-9-15(16(10-22)21(23)26)13-4-2-3-5-14(13)20(19)24-17/h2-9H,1H3,(H2,23,26). The van der Waals surface area contributed by atoms with Crippen LogP contribution in [-0.4, -0.2) is 11.9 Å². The number of esters is 1. The Hall–Kier alpha value is -4.18. The van der Waals surface area contributed by atoms with E-state index in [9.17, 15) is 14.9 Å². The molecule has 4 rings (SSSR count). The summed E-state index contributed by atoms with van der Waals surface area (Å²) in [7, 11) is 0. The van der Waals surface area contributed by atoms with Gasteiger partial charge in [-0.1, -0.05) is 24.3 Å². The molecule has 1 aliphatic heterocycles. The van der Waals surface area contributed by atoms with E-state index in [0.29, 0.717) is 38.9 Å². The Bertz CT molecular complexity index is 1340. The highest BCUT2D eigenvalue weighted by molar-refractivity contribution is 6.19. The van der Waals surface area contributed by atoms with Crippen molar-refractivity contribution >= 4 is 33.9 Å². The van der Waals surface area contributed by atoms with Gasteiger partial charge in [0.05, 0.1) is 0 Å². The van der Waals surface area contributed by atoms with Crippen LogP contribution in [0.2, 0.25) is 0 Å². The average molecular weight is 371 g/mol. The number of primary amides is 1. The van der Waals surface area contributed by atoms with Gasteiger partial charge in [0.15, 0.2) is 11.5 Å². The summed E-state index contributed by atoms with van der Waals surface area (Å²) in [5, 5.41) is 11.7. The number of nitriles is 1. The van der Waals surface area contributed by atoms with Gasteiger partial charge in [-0.2, -0.15) is 5.26 Å². The first kappa shape index (κ1) is 17.2. The van der Waals surface area contributed by atoms with Crippen LogP contribution in [0.5, 0.6) is 17.2 Å². The molecule has 1 heterocycles. The zero-order valence-electron chi connectivity index (χ0n) is 14.7. The van der Waals surface area contributed by atoms with Crippen LogP contribution < -0.4 is 25.8 Å². The van der Waals surface area contributed by atoms with Crippen LogP contribution in [-0.2, 0) is 9.59 Å². The number of rotatable bonds is 2. The van der Waals surface area contributed by atoms with Crippen molar-refractivity contribution in [2.24, 2.45) is 10.7 Å². The Balaban J connectivity index is 2.04. The van der Waals surface area contributed by atoms with Crippen molar-refractivity contribution in [1.82, 2.24) is 0 Å². The number of carbonyl (C=O) groups is 2. The van der Waals surface area contributed by atoms with Crippen molar-refractivity contribution in [2.75, 3.05) is 0 Å². The van der Waals surface area contributed by atoms with E-state index in [1.54, 1.807) is 36.4 Å². The van der Waals surface area contributed by atoms with Crippen molar-refractivity contribution in [1.29, 1.82) is 5.26 Å². The maximum Gasteiger partial charge on any atom is 0.308 e. The molecule has 7 nitrogen and oxygen atoms in total. The number of carbonyl (C=O) groups excluding carboxylic acids is 2. The van der Waals surface area contributed by atoms with Crippen molar-refractivity contribution in [3.63, 3.8) is 0 Å². The second-order valence-electron chi connectivity index (χ2n) is 6.10. The molecule has 2 N–H and O–H groups in total. The number of amides is 1. The fourth-order valence-electron chi connectivity index (χ4n) is 3.12. The van der Waals surface area contributed by atoms with Crippen molar-refractivity contribution in [3.8, 4) is 23.3 Å². The summed E-state index contributed by atoms with van der Waals surface area (Å²) in [6.07, 6.45) is 0. The molecule has 0 aromatic heterocycles. The maximum atomic E-state index is 11.7. The van der Waals surface area contributed by atoms with E-state index in [1.807, 2.05) is 18.2 Å². The first-order valence-corrected chi connectivity index (χ1v) is 8.33. The second-order valence-corrected chi connectivity index (χ2v) is 6.10. The lowest BCUT2D eigenvalue weighted by Gasteiger charge is -2.16. The smallest absolute Gasteiger partial charge is 0.308 e. The normalized spacial score (nSPS) is 12.6. The van der Waals surface area contributed by atoms with Crippen LogP contribution in [0.25, 0.3) is 16.3 Å². The first-order chi connectivity index (χ1) is 13.5. The Morgan fingerprint density at radius 3 is 2.54 bits per heavy atom. The third-order valence-electron chi connectivity index (χ3n) is 4.25. The molecule has 1 aliphatic rings. The summed E-state index contributed by atoms with van der Waals surface area (Å²) in [6.45, 7) is 1.31. The van der Waals surface area contributed by atoms with Gasteiger partial charge in [-0.15, -0.1) is 0 Å². The van der Waals surface area contributed by atoms with E-state index in [-0.39, 0.29) is 5.57 Å². The molecule has 0 radical (unpaired) electrons. The summed E-state index contributed by atoms with van der Waals surface area (Å²) < 4.78 is 11.0. The number of nitrogens with zero attached hydrogens (tertiary/aromatic N) is 2. The van der Waals surface area contributed by atoms with Gasteiger partial charge in [-0.05, 0) is 23.6 Å². The molecule has 0 saturated heterocycles. The number of fused-ring (bicyclic) bond motifs is 4. The predicted octanol–water partition coefficient (Wildman–Crippen LogP) is 1.98. The fourth-order valence-corrected chi connectivity index (χ4v) is 3.12. The molecular formula is C21H13N3O4. The van der Waals surface area contributed by atoms with Crippen LogP contribution in [0, 0.1) is 11.3 Å². The van der Waals surface area contributed by atoms with Gasteiger partial charge in [-0.25, -0.2) is 4.99 Å². The minimum Gasteiger partial charge on any atom is -0.453 e. The minimum absolute atomic E-state index is 0.165. The van der Waals surface area contributed by atoms with E-state index < -0.39 is 11.9 Å². The fraction of sp³-hybridized carbons (Fsp3) is 0.0476. The van der Waals surface area contributed by atoms with Gasteiger partial charge >= 0.3 is 5.97 Å². The minimum atomic E-state index is -0.821. The molecule has 0 bridgehead atoms. The highest BCUT2D eigenvalue weighted by Gasteiger charge is 2.18. The number of nitrogens with two attached hydrogens (primary N) is 1. The molecule has 0 fully saturated rings. The summed E-state index contributed by atoms with van der Waals surface area (Å²) in [5.74, 6) is -0.179. The lowest BCUT2D eigenvalue weighted by atomic mass is 10.0. The molecule has 7 heteroatoms. The van der Waals surface area contributed by atoms with Gasteiger partial charge < -0.3 is 15.2 Å². The molecule has 0 unspecified atom stereocenters. The molecule has 136 valence electrons. The first-order valence-electron chi connectivity index (χ1n) is 8.33. The van der Waals surface area contributed by atoms with Gasteiger partial charge in [0.25, 0.3) is 5.91 Å². The topological polar surface area (TPSA) is 115 Å². The summed E-state index contributed by atoms with van der Waals surface area (Å²) in [5.41, 5.74) is 5.78. The van der Waals surface area contributed by atoms with Crippen molar-refractivity contribution in [2.45, 2.75) is 6.92 Å². The number of hydrogen-bond acceptors (Lipinski definition) is 6. The number of benzene rings is 3. The predicted molar refractivity (Wildman–Crippen MR) is 100 cm³/mol. The molecule has 1 amide bonds. The van der Waals surface area contributed by atoms with E-state index in [0.717, 1.165) is 5.39 Å². The Morgan fingerprint density at radius 2 is 1.86 bits per heavy atom. The second kappa shape index (κ2) is 6.52. The van der Waals surface area contributed by atoms with Crippen LogP contribution in [0.1, 0.15) is 6.92 Å². The van der Waals surface area contributed by atoms with Crippen LogP contribution in [0.15, 0.2) is 53.5 Å². The van der Waals surface area contributed by atoms with Crippen LogP contribution in [0.3, 0.4) is 0 Å². The maximum absolute atomic E-state index is 11.7. The molecule has 0 atom stereocenters. The van der Waals surface area contributed by atoms with E-state index in [4.69, 9.17) is 15.2 Å². The molecule has 3 aromatic carbocycles. The van der Waals surface area contributed by atoms with Crippen LogP contribution >= 0.6 is 0 Å².